The first-order chi connectivity index (χ1) is 11.9. The lowest BCUT2D eigenvalue weighted by molar-refractivity contribution is 0.589. The summed E-state index contributed by atoms with van der Waals surface area (Å²) in [4.78, 5) is 2.79. The molecule has 0 saturated heterocycles. The maximum atomic E-state index is 2.29. The monoisotopic (exact) mass is 358 g/mol. The van der Waals surface area contributed by atoms with Gasteiger partial charge in [0.15, 0.2) is 0 Å². The van der Waals surface area contributed by atoms with Crippen molar-refractivity contribution in [2.45, 2.75) is 66.9 Å². The Morgan fingerprint density at radius 1 is 0.708 bits per heavy atom. The predicted molar refractivity (Wildman–Crippen MR) is 111 cm³/mol. The summed E-state index contributed by atoms with van der Waals surface area (Å²) in [6, 6.07) is 21.7. The van der Waals surface area contributed by atoms with Gasteiger partial charge in [0.1, 0.15) is 0 Å². The van der Waals surface area contributed by atoms with Crippen molar-refractivity contribution in [2.75, 3.05) is 5.75 Å². The highest BCUT2D eigenvalue weighted by atomic mass is 32.2. The Bertz CT molecular complexity index is 524. The van der Waals surface area contributed by atoms with Gasteiger partial charge in [-0.05, 0) is 30.7 Å². The van der Waals surface area contributed by atoms with E-state index in [1.807, 2.05) is 11.8 Å². The van der Waals surface area contributed by atoms with E-state index in [0.717, 1.165) is 0 Å². The normalized spacial score (nSPS) is 12.2. The zero-order valence-electron chi connectivity index (χ0n) is 14.8. The highest BCUT2D eigenvalue weighted by Gasteiger charge is 2.11. The number of unbranched alkanes of at least 4 members (excludes halogenated alkanes) is 5. The number of hydrogen-bond donors (Lipinski definition) is 0. The van der Waals surface area contributed by atoms with Crippen LogP contribution in [0.15, 0.2) is 70.5 Å². The topological polar surface area (TPSA) is 0 Å². The first kappa shape index (κ1) is 19.5. The molecule has 130 valence electrons. The van der Waals surface area contributed by atoms with E-state index in [-0.39, 0.29) is 0 Å². The van der Waals surface area contributed by atoms with E-state index >= 15 is 0 Å². The van der Waals surface area contributed by atoms with Crippen LogP contribution in [0.25, 0.3) is 0 Å². The summed E-state index contributed by atoms with van der Waals surface area (Å²) in [5.41, 5.74) is 0. The second-order valence-electron chi connectivity index (χ2n) is 6.23. The third-order valence-electron chi connectivity index (χ3n) is 4.10. The van der Waals surface area contributed by atoms with Gasteiger partial charge in [-0.25, -0.2) is 0 Å². The Labute approximate surface area is 156 Å². The number of rotatable bonds is 12. The summed E-state index contributed by atoms with van der Waals surface area (Å²) in [6.07, 6.45) is 9.62. The van der Waals surface area contributed by atoms with E-state index in [9.17, 15) is 0 Å². The molecule has 2 heteroatoms. The van der Waals surface area contributed by atoms with Gasteiger partial charge in [0, 0.05) is 20.8 Å². The van der Waals surface area contributed by atoms with E-state index in [1.54, 1.807) is 0 Å². The molecule has 0 aliphatic carbocycles. The Morgan fingerprint density at radius 3 is 1.96 bits per heavy atom. The van der Waals surface area contributed by atoms with Crippen LogP contribution in [0.5, 0.6) is 0 Å². The third kappa shape index (κ3) is 8.30. The highest BCUT2D eigenvalue weighted by Crippen LogP contribution is 2.31. The minimum absolute atomic E-state index is 0.698. The lowest BCUT2D eigenvalue weighted by Crippen LogP contribution is -2.06. The molecule has 2 rings (SSSR count). The number of benzene rings is 2. The van der Waals surface area contributed by atoms with Crippen LogP contribution >= 0.6 is 23.5 Å². The van der Waals surface area contributed by atoms with Crippen LogP contribution in [-0.4, -0.2) is 11.0 Å². The van der Waals surface area contributed by atoms with Gasteiger partial charge in [-0.2, -0.15) is 0 Å². The molecule has 0 radical (unpaired) electrons. The van der Waals surface area contributed by atoms with Crippen LogP contribution in [0.4, 0.5) is 0 Å². The maximum Gasteiger partial charge on any atom is 0.0188 e. The van der Waals surface area contributed by atoms with Crippen molar-refractivity contribution in [3.63, 3.8) is 0 Å². The summed E-state index contributed by atoms with van der Waals surface area (Å²) < 4.78 is 0. The molecule has 1 unspecified atom stereocenters. The zero-order valence-corrected chi connectivity index (χ0v) is 16.5. The van der Waals surface area contributed by atoms with Gasteiger partial charge in [0.2, 0.25) is 0 Å². The molecule has 2 aromatic rings. The van der Waals surface area contributed by atoms with Crippen molar-refractivity contribution in [1.29, 1.82) is 0 Å². The Morgan fingerprint density at radius 2 is 1.29 bits per heavy atom. The second kappa shape index (κ2) is 12.5. The molecular formula is C22H30S2. The van der Waals surface area contributed by atoms with Gasteiger partial charge in [0.25, 0.3) is 0 Å². The summed E-state index contributed by atoms with van der Waals surface area (Å²) in [5, 5.41) is 0.698. The summed E-state index contributed by atoms with van der Waals surface area (Å²) in [6.45, 7) is 2.29. The first-order valence-electron chi connectivity index (χ1n) is 9.28. The van der Waals surface area contributed by atoms with E-state index in [2.05, 4.69) is 79.3 Å². The fraction of sp³-hybridized carbons (Fsp3) is 0.455. The van der Waals surface area contributed by atoms with Crippen LogP contribution < -0.4 is 0 Å². The quantitative estimate of drug-likeness (QED) is 0.282. The number of thioether (sulfide) groups is 2. The van der Waals surface area contributed by atoms with Crippen LogP contribution in [0.2, 0.25) is 0 Å². The molecule has 0 aliphatic rings. The van der Waals surface area contributed by atoms with Gasteiger partial charge >= 0.3 is 0 Å². The van der Waals surface area contributed by atoms with Gasteiger partial charge < -0.3 is 0 Å². The van der Waals surface area contributed by atoms with Crippen LogP contribution in [-0.2, 0) is 0 Å². The van der Waals surface area contributed by atoms with Crippen LogP contribution in [0, 0.1) is 0 Å². The van der Waals surface area contributed by atoms with Gasteiger partial charge in [0.05, 0.1) is 0 Å². The molecule has 2 aromatic carbocycles. The van der Waals surface area contributed by atoms with Crippen molar-refractivity contribution in [3.05, 3.63) is 60.7 Å². The second-order valence-corrected chi connectivity index (χ2v) is 8.70. The van der Waals surface area contributed by atoms with Crippen molar-refractivity contribution in [1.82, 2.24) is 0 Å². The summed E-state index contributed by atoms with van der Waals surface area (Å²) in [7, 11) is 0. The molecular weight excluding hydrogens is 328 g/mol. The Balaban J connectivity index is 1.79. The predicted octanol–water partition coefficient (Wildman–Crippen LogP) is 7.69. The van der Waals surface area contributed by atoms with Crippen molar-refractivity contribution < 1.29 is 0 Å². The van der Waals surface area contributed by atoms with E-state index in [4.69, 9.17) is 0 Å². The molecule has 0 bridgehead atoms. The summed E-state index contributed by atoms with van der Waals surface area (Å²) >= 11 is 4.05. The minimum atomic E-state index is 0.698. The largest absolute Gasteiger partial charge is 0.125 e. The molecule has 0 aliphatic heterocycles. The number of hydrogen-bond acceptors (Lipinski definition) is 2. The molecule has 0 aromatic heterocycles. The van der Waals surface area contributed by atoms with Crippen molar-refractivity contribution in [2.24, 2.45) is 0 Å². The van der Waals surface area contributed by atoms with E-state index < -0.39 is 0 Å². The molecule has 0 spiro atoms. The Hall–Kier alpha value is -0.860. The zero-order chi connectivity index (χ0) is 16.9. The van der Waals surface area contributed by atoms with Crippen molar-refractivity contribution >= 4 is 23.5 Å². The minimum Gasteiger partial charge on any atom is -0.125 e. The molecule has 0 amide bonds. The SMILES string of the molecule is CCCCCCCCC(CSc1ccccc1)Sc1ccccc1. The average molecular weight is 359 g/mol. The van der Waals surface area contributed by atoms with Crippen LogP contribution in [0.3, 0.4) is 0 Å². The molecule has 24 heavy (non-hydrogen) atoms. The summed E-state index contributed by atoms with van der Waals surface area (Å²) in [5.74, 6) is 1.19. The van der Waals surface area contributed by atoms with E-state index in [1.165, 1.54) is 60.5 Å². The molecule has 0 heterocycles. The fourth-order valence-corrected chi connectivity index (χ4v) is 5.08. The molecule has 0 saturated carbocycles. The lowest BCUT2D eigenvalue weighted by Gasteiger charge is -2.16. The highest BCUT2D eigenvalue weighted by molar-refractivity contribution is 8.03. The van der Waals surface area contributed by atoms with Crippen LogP contribution in [0.1, 0.15) is 51.9 Å². The third-order valence-corrected chi connectivity index (χ3v) is 6.77. The van der Waals surface area contributed by atoms with Gasteiger partial charge in [-0.1, -0.05) is 81.8 Å². The van der Waals surface area contributed by atoms with Crippen molar-refractivity contribution in [3.8, 4) is 0 Å². The molecule has 1 atom stereocenters. The van der Waals surface area contributed by atoms with Gasteiger partial charge in [-0.15, -0.1) is 23.5 Å². The van der Waals surface area contributed by atoms with E-state index in [0.29, 0.717) is 5.25 Å². The smallest absolute Gasteiger partial charge is 0.0188 e. The maximum absolute atomic E-state index is 2.29. The fourth-order valence-electron chi connectivity index (χ4n) is 2.73. The Kier molecular flexibility index (Phi) is 10.1. The standard InChI is InChI=1S/C22H30S2/c1-2-3-4-5-6-9-18-22(24-21-16-12-8-13-17-21)19-23-20-14-10-7-11-15-20/h7-8,10-17,22H,2-6,9,18-19H2,1H3. The first-order valence-corrected chi connectivity index (χ1v) is 11.1. The lowest BCUT2D eigenvalue weighted by atomic mass is 10.1. The van der Waals surface area contributed by atoms with Gasteiger partial charge in [-0.3, -0.25) is 0 Å². The molecule has 0 fully saturated rings. The average Bonchev–Trinajstić information content (AvgIpc) is 2.64. The molecule has 0 N–H and O–H groups in total. The molecule has 0 nitrogen and oxygen atoms in total.